The first kappa shape index (κ1) is 13.1. The van der Waals surface area contributed by atoms with Gasteiger partial charge in [-0.3, -0.25) is 0 Å². The van der Waals surface area contributed by atoms with Gasteiger partial charge in [-0.15, -0.1) is 0 Å². The van der Waals surface area contributed by atoms with Gasteiger partial charge < -0.3 is 9.84 Å². The van der Waals surface area contributed by atoms with Crippen molar-refractivity contribution in [2.45, 2.75) is 19.3 Å². The molecule has 0 aliphatic carbocycles. The van der Waals surface area contributed by atoms with Crippen LogP contribution in [0.1, 0.15) is 28.4 Å². The van der Waals surface area contributed by atoms with Gasteiger partial charge in [-0.1, -0.05) is 18.2 Å². The van der Waals surface area contributed by atoms with E-state index < -0.39 is 23.6 Å². The predicted octanol–water partition coefficient (Wildman–Crippen LogP) is 3.22. The van der Waals surface area contributed by atoms with Crippen LogP contribution in [0.25, 0.3) is 0 Å². The second kappa shape index (κ2) is 4.92. The number of benzene rings is 2. The number of fused-ring (bicyclic) bond motifs is 1. The molecule has 1 aliphatic rings. The summed E-state index contributed by atoms with van der Waals surface area (Å²) < 4.78 is 45.0. The van der Waals surface area contributed by atoms with Crippen molar-refractivity contribution in [3.63, 3.8) is 0 Å². The van der Waals surface area contributed by atoms with E-state index in [2.05, 4.69) is 0 Å². The molecule has 0 bridgehead atoms. The van der Waals surface area contributed by atoms with Crippen LogP contribution in [-0.4, -0.2) is 5.11 Å². The highest BCUT2D eigenvalue weighted by atomic mass is 19.2. The average Bonchev–Trinajstić information content (AvgIpc) is 2.89. The molecule has 0 radical (unpaired) electrons. The highest BCUT2D eigenvalue weighted by Crippen LogP contribution is 2.29. The molecule has 20 heavy (non-hydrogen) atoms. The van der Waals surface area contributed by atoms with Gasteiger partial charge in [0, 0.05) is 11.6 Å². The zero-order valence-corrected chi connectivity index (χ0v) is 10.4. The first-order chi connectivity index (χ1) is 9.56. The van der Waals surface area contributed by atoms with Crippen LogP contribution >= 0.6 is 0 Å². The van der Waals surface area contributed by atoms with Crippen LogP contribution in [0.15, 0.2) is 30.3 Å². The molecule has 0 spiro atoms. The molecule has 2 nitrogen and oxygen atoms in total. The number of aliphatic hydroxyl groups excluding tert-OH is 1. The molecule has 0 amide bonds. The Hall–Kier alpha value is -1.85. The van der Waals surface area contributed by atoms with Gasteiger partial charge in [0.15, 0.2) is 11.6 Å². The molecule has 2 aromatic carbocycles. The van der Waals surface area contributed by atoms with Gasteiger partial charge in [0.05, 0.1) is 13.2 Å². The number of halogens is 3. The van der Waals surface area contributed by atoms with Crippen molar-refractivity contribution in [3.05, 3.63) is 70.0 Å². The molecule has 0 aromatic heterocycles. The van der Waals surface area contributed by atoms with Gasteiger partial charge >= 0.3 is 0 Å². The van der Waals surface area contributed by atoms with E-state index in [0.29, 0.717) is 30.9 Å². The molecule has 0 saturated carbocycles. The lowest BCUT2D eigenvalue weighted by molar-refractivity contribution is 0.134. The van der Waals surface area contributed by atoms with Gasteiger partial charge in [0.1, 0.15) is 11.9 Å². The highest BCUT2D eigenvalue weighted by Gasteiger charge is 2.20. The summed E-state index contributed by atoms with van der Waals surface area (Å²) in [5.41, 5.74) is 2.04. The topological polar surface area (TPSA) is 29.5 Å². The minimum Gasteiger partial charge on any atom is -0.384 e. The Morgan fingerprint density at radius 1 is 0.900 bits per heavy atom. The van der Waals surface area contributed by atoms with Crippen molar-refractivity contribution < 1.29 is 23.0 Å². The highest BCUT2D eigenvalue weighted by molar-refractivity contribution is 5.38. The van der Waals surface area contributed by atoms with Crippen LogP contribution in [-0.2, 0) is 18.0 Å². The molecular formula is C15H11F3O2. The third kappa shape index (κ3) is 2.19. The molecule has 5 heteroatoms. The number of rotatable bonds is 2. The summed E-state index contributed by atoms with van der Waals surface area (Å²) in [4.78, 5) is 0. The predicted molar refractivity (Wildman–Crippen MR) is 65.3 cm³/mol. The zero-order chi connectivity index (χ0) is 14.3. The minimum atomic E-state index is -1.35. The van der Waals surface area contributed by atoms with Crippen molar-refractivity contribution in [2.24, 2.45) is 0 Å². The van der Waals surface area contributed by atoms with E-state index in [1.54, 1.807) is 18.2 Å². The monoisotopic (exact) mass is 280 g/mol. The minimum absolute atomic E-state index is 0.289. The van der Waals surface area contributed by atoms with E-state index in [-0.39, 0.29) is 5.56 Å². The molecule has 1 aliphatic heterocycles. The number of hydrogen-bond acceptors (Lipinski definition) is 2. The van der Waals surface area contributed by atoms with Crippen LogP contribution in [0.3, 0.4) is 0 Å². The van der Waals surface area contributed by atoms with Crippen molar-refractivity contribution in [1.82, 2.24) is 0 Å². The molecule has 0 fully saturated rings. The Balaban J connectivity index is 2.00. The second-order valence-corrected chi connectivity index (χ2v) is 4.71. The Morgan fingerprint density at radius 3 is 2.40 bits per heavy atom. The Labute approximate surface area is 113 Å². The van der Waals surface area contributed by atoms with Gasteiger partial charge in [0.2, 0.25) is 0 Å². The van der Waals surface area contributed by atoms with Crippen LogP contribution in [0, 0.1) is 17.5 Å². The summed E-state index contributed by atoms with van der Waals surface area (Å²) in [6.07, 6.45) is -1.35. The lowest BCUT2D eigenvalue weighted by atomic mass is 9.97. The number of aliphatic hydroxyl groups is 1. The fourth-order valence-electron chi connectivity index (χ4n) is 2.29. The van der Waals surface area contributed by atoms with Gasteiger partial charge in [0.25, 0.3) is 0 Å². The number of ether oxygens (including phenoxy) is 1. The molecule has 2 aromatic rings. The van der Waals surface area contributed by atoms with Crippen molar-refractivity contribution in [3.8, 4) is 0 Å². The van der Waals surface area contributed by atoms with E-state index in [9.17, 15) is 18.3 Å². The third-order valence-corrected chi connectivity index (χ3v) is 3.40. The largest absolute Gasteiger partial charge is 0.384 e. The van der Waals surface area contributed by atoms with Crippen molar-refractivity contribution in [2.75, 3.05) is 0 Å². The number of hydrogen-bond donors (Lipinski definition) is 1. The molecule has 3 rings (SSSR count). The molecule has 0 saturated heterocycles. The first-order valence-electron chi connectivity index (χ1n) is 6.08. The Bertz CT molecular complexity index is 670. The summed E-state index contributed by atoms with van der Waals surface area (Å²) in [6, 6.07) is 6.20. The summed E-state index contributed by atoms with van der Waals surface area (Å²) in [5.74, 6) is -3.45. The smallest absolute Gasteiger partial charge is 0.161 e. The normalized spacial score (nSPS) is 15.2. The van der Waals surface area contributed by atoms with Crippen LogP contribution in [0.2, 0.25) is 0 Å². The summed E-state index contributed by atoms with van der Waals surface area (Å²) in [6.45, 7) is 0.932. The van der Waals surface area contributed by atoms with E-state index in [4.69, 9.17) is 4.74 Å². The second-order valence-electron chi connectivity index (χ2n) is 4.71. The van der Waals surface area contributed by atoms with E-state index in [1.165, 1.54) is 0 Å². The van der Waals surface area contributed by atoms with Crippen LogP contribution < -0.4 is 0 Å². The maximum atomic E-state index is 13.6. The summed E-state index contributed by atoms with van der Waals surface area (Å²) >= 11 is 0. The summed E-state index contributed by atoms with van der Waals surface area (Å²) in [7, 11) is 0. The zero-order valence-electron chi connectivity index (χ0n) is 10.4. The molecule has 1 heterocycles. The average molecular weight is 280 g/mol. The molecule has 104 valence electrons. The van der Waals surface area contributed by atoms with Crippen LogP contribution in [0.5, 0.6) is 0 Å². The lowest BCUT2D eigenvalue weighted by Crippen LogP contribution is -2.05. The SMILES string of the molecule is OC(c1ccc2c(c1)COC2)c1cc(F)c(F)cc1F. The lowest BCUT2D eigenvalue weighted by Gasteiger charge is -2.14. The maximum Gasteiger partial charge on any atom is 0.161 e. The van der Waals surface area contributed by atoms with Crippen molar-refractivity contribution >= 4 is 0 Å². The third-order valence-electron chi connectivity index (χ3n) is 3.40. The Kier molecular flexibility index (Phi) is 3.23. The van der Waals surface area contributed by atoms with Gasteiger partial charge in [-0.2, -0.15) is 0 Å². The fraction of sp³-hybridized carbons (Fsp3) is 0.200. The summed E-state index contributed by atoms with van der Waals surface area (Å²) in [5, 5.41) is 10.1. The Morgan fingerprint density at radius 2 is 1.60 bits per heavy atom. The quantitative estimate of drug-likeness (QED) is 0.856. The fourth-order valence-corrected chi connectivity index (χ4v) is 2.29. The van der Waals surface area contributed by atoms with E-state index in [0.717, 1.165) is 11.1 Å². The van der Waals surface area contributed by atoms with Gasteiger partial charge in [-0.05, 0) is 22.8 Å². The molecule has 1 atom stereocenters. The van der Waals surface area contributed by atoms with Crippen molar-refractivity contribution in [1.29, 1.82) is 0 Å². The molecule has 1 unspecified atom stereocenters. The van der Waals surface area contributed by atoms with E-state index in [1.807, 2.05) is 0 Å². The first-order valence-corrected chi connectivity index (χ1v) is 6.08. The van der Waals surface area contributed by atoms with Crippen LogP contribution in [0.4, 0.5) is 13.2 Å². The maximum absolute atomic E-state index is 13.6. The molecular weight excluding hydrogens is 269 g/mol. The standard InChI is InChI=1S/C15H11F3O2/c16-12-5-14(18)13(17)4-11(12)15(19)8-1-2-9-6-20-7-10(9)3-8/h1-5,15,19H,6-7H2. The van der Waals surface area contributed by atoms with Gasteiger partial charge in [-0.25, -0.2) is 13.2 Å². The molecule has 1 N–H and O–H groups in total. The van der Waals surface area contributed by atoms with E-state index >= 15 is 0 Å².